The second kappa shape index (κ2) is 16.7. The van der Waals surface area contributed by atoms with Crippen molar-refractivity contribution in [1.29, 1.82) is 0 Å². The highest BCUT2D eigenvalue weighted by molar-refractivity contribution is 5.72. The molecule has 224 valence electrons. The molecule has 2 aromatic carbocycles. The quantitative estimate of drug-likeness (QED) is 0.118. The summed E-state index contributed by atoms with van der Waals surface area (Å²) in [5, 5.41) is 18.1. The van der Waals surface area contributed by atoms with Gasteiger partial charge in [0.15, 0.2) is 0 Å². The third-order valence-corrected chi connectivity index (χ3v) is 7.05. The maximum Gasteiger partial charge on any atom is 0.303 e. The number of aromatic nitrogens is 2. The molecule has 0 atom stereocenters. The molecule has 0 spiro atoms. The van der Waals surface area contributed by atoms with Crippen molar-refractivity contribution in [3.05, 3.63) is 96.3 Å². The minimum Gasteiger partial charge on any atom is -0.494 e. The summed E-state index contributed by atoms with van der Waals surface area (Å²) in [5.74, 6) is -0.284. The van der Waals surface area contributed by atoms with E-state index < -0.39 is 11.9 Å². The molecule has 8 nitrogen and oxygen atoms in total. The van der Waals surface area contributed by atoms with Gasteiger partial charge in [-0.15, -0.1) is 0 Å². The normalized spacial score (nSPS) is 10.8. The number of rotatable bonds is 18. The summed E-state index contributed by atoms with van der Waals surface area (Å²) in [7, 11) is 0. The number of benzene rings is 2. The highest BCUT2D eigenvalue weighted by Gasteiger charge is 2.12. The van der Waals surface area contributed by atoms with Crippen LogP contribution in [-0.4, -0.2) is 45.3 Å². The zero-order valence-corrected chi connectivity index (χ0v) is 24.3. The van der Waals surface area contributed by atoms with Crippen LogP contribution < -0.4 is 9.47 Å². The molecule has 4 aromatic rings. The number of pyridine rings is 2. The number of aryl methyl sites for hydroxylation is 1. The van der Waals surface area contributed by atoms with Crippen LogP contribution in [0.1, 0.15) is 56.1 Å². The smallest absolute Gasteiger partial charge is 0.303 e. The van der Waals surface area contributed by atoms with Crippen molar-refractivity contribution in [2.75, 3.05) is 13.2 Å². The summed E-state index contributed by atoms with van der Waals surface area (Å²) < 4.78 is 12.0. The number of carbonyl (C=O) groups is 2. The zero-order chi connectivity index (χ0) is 30.3. The predicted molar refractivity (Wildman–Crippen MR) is 165 cm³/mol. The fraction of sp³-hybridized carbons (Fsp3) is 0.314. The van der Waals surface area contributed by atoms with E-state index in [0.717, 1.165) is 71.5 Å². The van der Waals surface area contributed by atoms with Gasteiger partial charge in [0.25, 0.3) is 0 Å². The highest BCUT2D eigenvalue weighted by Crippen LogP contribution is 2.30. The largest absolute Gasteiger partial charge is 0.494 e. The number of ether oxygens (including phenoxy) is 2. The van der Waals surface area contributed by atoms with E-state index >= 15 is 0 Å². The Bertz CT molecular complexity index is 1400. The number of carboxylic acid groups (broad SMARTS) is 2. The molecule has 0 unspecified atom stereocenters. The Balaban J connectivity index is 1.29. The van der Waals surface area contributed by atoms with Crippen molar-refractivity contribution < 1.29 is 29.3 Å². The monoisotopic (exact) mass is 582 g/mol. The van der Waals surface area contributed by atoms with Crippen LogP contribution in [-0.2, 0) is 22.4 Å². The van der Waals surface area contributed by atoms with Gasteiger partial charge in [-0.05, 0) is 91.8 Å². The van der Waals surface area contributed by atoms with Crippen LogP contribution >= 0.6 is 0 Å². The SMILES string of the molecule is O=C(O)CCCOc1cccc(CCCCCCOc2cc(-c3ccccn3)cc(-c3ccccn3)c2)c1CCC(=O)O. The van der Waals surface area contributed by atoms with Gasteiger partial charge < -0.3 is 19.7 Å². The molecule has 0 saturated carbocycles. The van der Waals surface area contributed by atoms with Gasteiger partial charge in [-0.25, -0.2) is 0 Å². The first-order chi connectivity index (χ1) is 21.0. The summed E-state index contributed by atoms with van der Waals surface area (Å²) in [6.07, 6.45) is 9.10. The molecule has 2 heterocycles. The van der Waals surface area contributed by atoms with Gasteiger partial charge in [0.1, 0.15) is 11.5 Å². The lowest BCUT2D eigenvalue weighted by atomic mass is 9.97. The minimum absolute atomic E-state index is 0.0173. The second-order valence-corrected chi connectivity index (χ2v) is 10.3. The van der Waals surface area contributed by atoms with Gasteiger partial charge in [0, 0.05) is 36.4 Å². The van der Waals surface area contributed by atoms with E-state index in [1.807, 2.05) is 66.7 Å². The Morgan fingerprint density at radius 3 is 1.91 bits per heavy atom. The molecule has 0 aliphatic heterocycles. The first-order valence-electron chi connectivity index (χ1n) is 14.8. The first kappa shape index (κ1) is 31.2. The number of hydrogen-bond donors (Lipinski definition) is 2. The molecule has 0 radical (unpaired) electrons. The lowest BCUT2D eigenvalue weighted by Gasteiger charge is -2.15. The van der Waals surface area contributed by atoms with Gasteiger partial charge in [0.05, 0.1) is 24.6 Å². The van der Waals surface area contributed by atoms with Crippen LogP contribution in [0.2, 0.25) is 0 Å². The molecule has 8 heteroatoms. The third-order valence-electron chi connectivity index (χ3n) is 7.05. The van der Waals surface area contributed by atoms with Crippen molar-refractivity contribution in [1.82, 2.24) is 9.97 Å². The topological polar surface area (TPSA) is 119 Å². The van der Waals surface area contributed by atoms with Crippen LogP contribution in [0, 0.1) is 0 Å². The van der Waals surface area contributed by atoms with E-state index in [0.29, 0.717) is 25.2 Å². The molecule has 0 aliphatic rings. The average molecular weight is 583 g/mol. The van der Waals surface area contributed by atoms with Crippen molar-refractivity contribution >= 4 is 11.9 Å². The molecule has 2 N–H and O–H groups in total. The van der Waals surface area contributed by atoms with Gasteiger partial charge in [-0.2, -0.15) is 0 Å². The van der Waals surface area contributed by atoms with Crippen molar-refractivity contribution in [3.8, 4) is 34.0 Å². The van der Waals surface area contributed by atoms with E-state index in [1.54, 1.807) is 12.4 Å². The second-order valence-electron chi connectivity index (χ2n) is 10.3. The predicted octanol–water partition coefficient (Wildman–Crippen LogP) is 7.25. The highest BCUT2D eigenvalue weighted by atomic mass is 16.5. The molecule has 2 aromatic heterocycles. The fourth-order valence-corrected chi connectivity index (χ4v) is 4.91. The molecule has 0 fully saturated rings. The molecular formula is C35H38N2O6. The van der Waals surface area contributed by atoms with Gasteiger partial charge in [0.2, 0.25) is 0 Å². The summed E-state index contributed by atoms with van der Waals surface area (Å²) in [6.45, 7) is 0.876. The summed E-state index contributed by atoms with van der Waals surface area (Å²) in [4.78, 5) is 31.1. The van der Waals surface area contributed by atoms with Crippen molar-refractivity contribution in [2.45, 2.75) is 57.8 Å². The van der Waals surface area contributed by atoms with Gasteiger partial charge in [-0.3, -0.25) is 19.6 Å². The Morgan fingerprint density at radius 2 is 1.28 bits per heavy atom. The maximum atomic E-state index is 11.3. The van der Waals surface area contributed by atoms with Crippen LogP contribution in [0.5, 0.6) is 11.5 Å². The maximum absolute atomic E-state index is 11.3. The van der Waals surface area contributed by atoms with E-state index in [9.17, 15) is 14.7 Å². The summed E-state index contributed by atoms with van der Waals surface area (Å²) in [6, 6.07) is 23.6. The molecule has 43 heavy (non-hydrogen) atoms. The van der Waals surface area contributed by atoms with E-state index in [-0.39, 0.29) is 19.4 Å². The Hall–Kier alpha value is -4.72. The number of unbranched alkanes of at least 4 members (excludes halogenated alkanes) is 3. The molecule has 0 aliphatic carbocycles. The number of aliphatic carboxylic acids is 2. The van der Waals surface area contributed by atoms with Crippen molar-refractivity contribution in [3.63, 3.8) is 0 Å². The van der Waals surface area contributed by atoms with E-state index in [1.165, 1.54) is 0 Å². The zero-order valence-electron chi connectivity index (χ0n) is 24.3. The average Bonchev–Trinajstić information content (AvgIpc) is 3.02. The summed E-state index contributed by atoms with van der Waals surface area (Å²) in [5.41, 5.74) is 5.70. The third kappa shape index (κ3) is 10.3. The van der Waals surface area contributed by atoms with Crippen LogP contribution in [0.3, 0.4) is 0 Å². The molecule has 0 bridgehead atoms. The minimum atomic E-state index is -0.860. The Labute approximate surface area is 252 Å². The number of carboxylic acids is 2. The van der Waals surface area contributed by atoms with Gasteiger partial charge in [-0.1, -0.05) is 37.1 Å². The van der Waals surface area contributed by atoms with Crippen LogP contribution in [0.4, 0.5) is 0 Å². The number of nitrogens with zero attached hydrogens (tertiary/aromatic N) is 2. The summed E-state index contributed by atoms with van der Waals surface area (Å²) >= 11 is 0. The molecule has 4 rings (SSSR count). The van der Waals surface area contributed by atoms with E-state index in [2.05, 4.69) is 16.0 Å². The lowest BCUT2D eigenvalue weighted by molar-refractivity contribution is -0.138. The van der Waals surface area contributed by atoms with Crippen LogP contribution in [0.25, 0.3) is 22.5 Å². The van der Waals surface area contributed by atoms with Crippen LogP contribution in [0.15, 0.2) is 85.2 Å². The van der Waals surface area contributed by atoms with E-state index in [4.69, 9.17) is 14.6 Å². The fourth-order valence-electron chi connectivity index (χ4n) is 4.91. The lowest BCUT2D eigenvalue weighted by Crippen LogP contribution is -2.07. The van der Waals surface area contributed by atoms with Crippen molar-refractivity contribution in [2.24, 2.45) is 0 Å². The molecular weight excluding hydrogens is 544 g/mol. The van der Waals surface area contributed by atoms with Gasteiger partial charge >= 0.3 is 11.9 Å². The standard InChI is InChI=1S/C35H38N2O6/c38-34(39)16-10-22-43-33-15-9-12-26(30(33)17-18-35(40)41)11-3-1-2-8-21-42-29-24-27(31-13-4-6-19-36-31)23-28(25-29)32-14-5-7-20-37-32/h4-7,9,12-15,19-20,23-25H,1-3,8,10-11,16-18,21-22H2,(H,38,39)(H,40,41). The molecule has 0 amide bonds. The Morgan fingerprint density at radius 1 is 0.628 bits per heavy atom. The number of hydrogen-bond acceptors (Lipinski definition) is 6. The molecule has 0 saturated heterocycles. The first-order valence-corrected chi connectivity index (χ1v) is 14.8. The Kier molecular flexibility index (Phi) is 12.1.